The summed E-state index contributed by atoms with van der Waals surface area (Å²) in [6.07, 6.45) is 0. The number of nitrogens with zero attached hydrogens (tertiary/aromatic N) is 4. The number of fused-ring (bicyclic) bond motifs is 12. The normalized spacial score (nSPS) is 13.2. The molecule has 0 aliphatic heterocycles. The maximum Gasteiger partial charge on any atom is 0.160 e. The molecule has 0 saturated heterocycles. The van der Waals surface area contributed by atoms with E-state index >= 15 is 0 Å². The van der Waals surface area contributed by atoms with Crippen molar-refractivity contribution >= 4 is 65.3 Å². The van der Waals surface area contributed by atoms with E-state index in [0.717, 1.165) is 44.9 Å². The highest BCUT2D eigenvalue weighted by Gasteiger charge is 2.36. The van der Waals surface area contributed by atoms with Gasteiger partial charge in [-0.3, -0.25) is 0 Å². The lowest BCUT2D eigenvalue weighted by atomic mass is 9.82. The fourth-order valence-electron chi connectivity index (χ4n) is 10.4. The highest BCUT2D eigenvalue weighted by Crippen LogP contribution is 2.51. The summed E-state index contributed by atoms with van der Waals surface area (Å²) in [5, 5.41) is 8.60. The first-order valence-corrected chi connectivity index (χ1v) is 21.1. The van der Waals surface area contributed by atoms with E-state index in [1.165, 1.54) is 76.6 Å². The zero-order valence-corrected chi connectivity index (χ0v) is 33.8. The molecular weight excluding hydrogens is 741 g/mol. The third-order valence-electron chi connectivity index (χ3n) is 13.3. The van der Waals surface area contributed by atoms with E-state index in [1.807, 2.05) is 6.07 Å². The Bertz CT molecular complexity index is 3780. The Morgan fingerprint density at radius 1 is 0.393 bits per heavy atom. The van der Waals surface area contributed by atoms with Crippen LogP contribution in [0.1, 0.15) is 25.0 Å². The SMILES string of the molecule is CC1(C)c2ccc(-c3nc(-c4ccccc4)c4ccccc4n3)cc2-c2cc(-n3c4ccccc4c4cc5c6c7ccccc7ccc6n(-c6ccccc6)c5cc43)ccc21. The van der Waals surface area contributed by atoms with Crippen LogP contribution in [0.2, 0.25) is 0 Å². The van der Waals surface area contributed by atoms with Crippen molar-refractivity contribution in [3.63, 3.8) is 0 Å². The van der Waals surface area contributed by atoms with Crippen molar-refractivity contribution in [3.05, 3.63) is 205 Å². The monoisotopic (exact) mass is 778 g/mol. The van der Waals surface area contributed by atoms with Gasteiger partial charge in [0.1, 0.15) is 0 Å². The number of rotatable bonds is 4. The van der Waals surface area contributed by atoms with Crippen LogP contribution in [-0.4, -0.2) is 19.1 Å². The quantitative estimate of drug-likeness (QED) is 0.178. The molecule has 0 bridgehead atoms. The molecule has 1 aliphatic carbocycles. The van der Waals surface area contributed by atoms with Crippen molar-refractivity contribution in [3.8, 4) is 45.1 Å². The van der Waals surface area contributed by atoms with Crippen molar-refractivity contribution < 1.29 is 0 Å². The lowest BCUT2D eigenvalue weighted by Crippen LogP contribution is -2.15. The molecule has 0 spiro atoms. The molecule has 0 N–H and O–H groups in total. The van der Waals surface area contributed by atoms with Gasteiger partial charge in [-0.05, 0) is 93.7 Å². The summed E-state index contributed by atoms with van der Waals surface area (Å²) >= 11 is 0. The Balaban J connectivity index is 1.04. The van der Waals surface area contributed by atoms with E-state index in [2.05, 4.69) is 211 Å². The van der Waals surface area contributed by atoms with Crippen molar-refractivity contribution in [2.45, 2.75) is 19.3 Å². The Labute approximate surface area is 352 Å². The zero-order chi connectivity index (χ0) is 40.4. The van der Waals surface area contributed by atoms with E-state index in [-0.39, 0.29) is 5.41 Å². The van der Waals surface area contributed by atoms with Gasteiger partial charge in [0.15, 0.2) is 5.82 Å². The van der Waals surface area contributed by atoms with Crippen molar-refractivity contribution in [1.29, 1.82) is 0 Å². The molecule has 12 aromatic rings. The van der Waals surface area contributed by atoms with Crippen LogP contribution in [0, 0.1) is 0 Å². The first-order chi connectivity index (χ1) is 30.0. The average Bonchev–Trinajstić information content (AvgIpc) is 3.90. The fourth-order valence-corrected chi connectivity index (χ4v) is 10.4. The Morgan fingerprint density at radius 3 is 1.89 bits per heavy atom. The topological polar surface area (TPSA) is 35.6 Å². The molecular formula is C57H38N4. The minimum atomic E-state index is -0.173. The van der Waals surface area contributed by atoms with Gasteiger partial charge >= 0.3 is 0 Å². The maximum absolute atomic E-state index is 5.25. The van der Waals surface area contributed by atoms with Gasteiger partial charge in [-0.2, -0.15) is 0 Å². The number of aromatic nitrogens is 4. The maximum atomic E-state index is 5.25. The molecule has 4 nitrogen and oxygen atoms in total. The van der Waals surface area contributed by atoms with Crippen LogP contribution in [-0.2, 0) is 5.41 Å². The molecule has 4 heteroatoms. The molecule has 3 heterocycles. The smallest absolute Gasteiger partial charge is 0.160 e. The van der Waals surface area contributed by atoms with Gasteiger partial charge in [-0.15, -0.1) is 0 Å². The second-order valence-electron chi connectivity index (χ2n) is 17.0. The van der Waals surface area contributed by atoms with E-state index in [4.69, 9.17) is 9.97 Å². The average molecular weight is 779 g/mol. The highest BCUT2D eigenvalue weighted by atomic mass is 15.0. The number of benzene rings is 9. The second kappa shape index (κ2) is 12.6. The summed E-state index contributed by atoms with van der Waals surface area (Å²) in [5.41, 5.74) is 16.0. The van der Waals surface area contributed by atoms with Crippen LogP contribution >= 0.6 is 0 Å². The standard InChI is InChI=1S/C57H38N4/c1-57(2)47-28-25-37(56-58-49-23-13-11-22-42(49)55(59-56)36-16-5-3-6-17-36)31-43(47)44-32-39(27-29-48(44)57)61-50-24-14-12-21-41(50)45-33-46-53(34-52(45)61)60(38-18-7-4-8-19-38)51-30-26-35-15-9-10-20-40(35)54(46)51/h3-34H,1-2H3. The number of hydrogen-bond donors (Lipinski definition) is 0. The van der Waals surface area contributed by atoms with Crippen molar-refractivity contribution in [2.75, 3.05) is 0 Å². The molecule has 3 aromatic heterocycles. The van der Waals surface area contributed by atoms with Crippen molar-refractivity contribution in [1.82, 2.24) is 19.1 Å². The van der Waals surface area contributed by atoms with E-state index in [0.29, 0.717) is 0 Å². The molecule has 0 amide bonds. The van der Waals surface area contributed by atoms with Crippen LogP contribution in [0.5, 0.6) is 0 Å². The van der Waals surface area contributed by atoms with Crippen LogP contribution in [0.3, 0.4) is 0 Å². The van der Waals surface area contributed by atoms with Crippen LogP contribution < -0.4 is 0 Å². The van der Waals surface area contributed by atoms with Gasteiger partial charge in [-0.1, -0.05) is 147 Å². The first-order valence-electron chi connectivity index (χ1n) is 21.1. The second-order valence-corrected chi connectivity index (χ2v) is 17.0. The molecule has 0 atom stereocenters. The molecule has 1 aliphatic rings. The Hall–Kier alpha value is -7.82. The lowest BCUT2D eigenvalue weighted by molar-refractivity contribution is 0.660. The largest absolute Gasteiger partial charge is 0.309 e. The van der Waals surface area contributed by atoms with Gasteiger partial charge in [-0.25, -0.2) is 9.97 Å². The van der Waals surface area contributed by atoms with Gasteiger partial charge < -0.3 is 9.13 Å². The van der Waals surface area contributed by atoms with E-state index < -0.39 is 0 Å². The number of para-hydroxylation sites is 3. The first kappa shape index (κ1) is 34.1. The van der Waals surface area contributed by atoms with Gasteiger partial charge in [0, 0.05) is 54.8 Å². The van der Waals surface area contributed by atoms with Crippen LogP contribution in [0.25, 0.3) is 110 Å². The molecule has 286 valence electrons. The van der Waals surface area contributed by atoms with Gasteiger partial charge in [0.05, 0.1) is 33.3 Å². The van der Waals surface area contributed by atoms with Crippen LogP contribution in [0.4, 0.5) is 0 Å². The molecule has 13 rings (SSSR count). The summed E-state index contributed by atoms with van der Waals surface area (Å²) in [5.74, 6) is 0.732. The summed E-state index contributed by atoms with van der Waals surface area (Å²) in [7, 11) is 0. The zero-order valence-electron chi connectivity index (χ0n) is 33.8. The summed E-state index contributed by atoms with van der Waals surface area (Å²) in [6.45, 7) is 4.70. The molecule has 9 aromatic carbocycles. The molecule has 0 saturated carbocycles. The highest BCUT2D eigenvalue weighted by molar-refractivity contribution is 6.25. The Morgan fingerprint density at radius 2 is 1.05 bits per heavy atom. The Kier molecular flexibility index (Phi) is 7.04. The molecule has 0 fully saturated rings. The predicted molar refractivity (Wildman–Crippen MR) is 254 cm³/mol. The van der Waals surface area contributed by atoms with E-state index in [1.54, 1.807) is 0 Å². The molecule has 0 unspecified atom stereocenters. The minimum absolute atomic E-state index is 0.173. The molecule has 0 radical (unpaired) electrons. The third kappa shape index (κ3) is 4.87. The van der Waals surface area contributed by atoms with E-state index in [9.17, 15) is 0 Å². The summed E-state index contributed by atoms with van der Waals surface area (Å²) in [6, 6.07) is 70.6. The molecule has 61 heavy (non-hydrogen) atoms. The lowest BCUT2D eigenvalue weighted by Gasteiger charge is -2.22. The van der Waals surface area contributed by atoms with Crippen molar-refractivity contribution in [2.24, 2.45) is 0 Å². The fraction of sp³-hybridized carbons (Fsp3) is 0.0526. The van der Waals surface area contributed by atoms with Gasteiger partial charge in [0.25, 0.3) is 0 Å². The summed E-state index contributed by atoms with van der Waals surface area (Å²) in [4.78, 5) is 10.4. The summed E-state index contributed by atoms with van der Waals surface area (Å²) < 4.78 is 4.92. The number of hydrogen-bond acceptors (Lipinski definition) is 2. The predicted octanol–water partition coefficient (Wildman–Crippen LogP) is 14.6. The van der Waals surface area contributed by atoms with Gasteiger partial charge in [0.2, 0.25) is 0 Å². The third-order valence-corrected chi connectivity index (χ3v) is 13.3. The van der Waals surface area contributed by atoms with Crippen LogP contribution in [0.15, 0.2) is 194 Å². The minimum Gasteiger partial charge on any atom is -0.309 e.